The third kappa shape index (κ3) is 6.84. The summed E-state index contributed by atoms with van der Waals surface area (Å²) in [6.07, 6.45) is 0. The number of nitrogens with one attached hydrogen (secondary N) is 1. The number of nitrogens with zero attached hydrogens (tertiary/aromatic N) is 2. The number of nitrogens with two attached hydrogens (primary N) is 1. The second kappa shape index (κ2) is 10.6. The summed E-state index contributed by atoms with van der Waals surface area (Å²) in [7, 11) is 5.72. The molecule has 116 valence electrons. The van der Waals surface area contributed by atoms with Gasteiger partial charge in [0.05, 0.1) is 7.11 Å². The molecule has 1 aromatic carbocycles. The van der Waals surface area contributed by atoms with Crippen molar-refractivity contribution in [2.45, 2.75) is 13.5 Å². The van der Waals surface area contributed by atoms with Gasteiger partial charge in [0.15, 0.2) is 5.96 Å². The number of methoxy groups -OCH3 is 1. The van der Waals surface area contributed by atoms with Gasteiger partial charge in [0.2, 0.25) is 0 Å². The fourth-order valence-corrected chi connectivity index (χ4v) is 1.68. The first kappa shape index (κ1) is 21.1. The van der Waals surface area contributed by atoms with Gasteiger partial charge in [-0.25, -0.2) is 0 Å². The number of benzene rings is 1. The molecule has 0 amide bonds. The molecule has 0 aliphatic carbocycles. The molecule has 0 heterocycles. The number of halogens is 2. The van der Waals surface area contributed by atoms with E-state index in [-0.39, 0.29) is 24.8 Å². The maximum Gasteiger partial charge on any atom is 0.193 e. The molecule has 0 radical (unpaired) electrons. The van der Waals surface area contributed by atoms with Crippen LogP contribution in [0.1, 0.15) is 12.5 Å². The Morgan fingerprint density at radius 1 is 1.35 bits per heavy atom. The zero-order chi connectivity index (χ0) is 13.5. The molecular formula is C13H24Cl2N4O. The minimum absolute atomic E-state index is 0. The van der Waals surface area contributed by atoms with Crippen LogP contribution in [0.25, 0.3) is 0 Å². The van der Waals surface area contributed by atoms with Crippen molar-refractivity contribution in [3.05, 3.63) is 23.8 Å². The Labute approximate surface area is 133 Å². The van der Waals surface area contributed by atoms with Crippen molar-refractivity contribution >= 4 is 36.5 Å². The van der Waals surface area contributed by atoms with E-state index in [1.165, 1.54) is 0 Å². The predicted molar refractivity (Wildman–Crippen MR) is 90.7 cm³/mol. The zero-order valence-corrected chi connectivity index (χ0v) is 14.0. The summed E-state index contributed by atoms with van der Waals surface area (Å²) >= 11 is 0. The quantitative estimate of drug-likeness (QED) is 0.645. The molecule has 1 rings (SSSR count). The molecule has 1 aromatic rings. The molecule has 0 saturated carbocycles. The lowest BCUT2D eigenvalue weighted by Crippen LogP contribution is -2.22. The van der Waals surface area contributed by atoms with Crippen molar-refractivity contribution in [2.24, 2.45) is 10.7 Å². The first-order valence-corrected chi connectivity index (χ1v) is 5.95. The lowest BCUT2D eigenvalue weighted by atomic mass is 10.1. The third-order valence-electron chi connectivity index (χ3n) is 2.37. The molecule has 0 saturated heterocycles. The molecule has 3 N–H and O–H groups in total. The van der Waals surface area contributed by atoms with Crippen molar-refractivity contribution < 1.29 is 4.74 Å². The highest BCUT2D eigenvalue weighted by Crippen LogP contribution is 2.23. The zero-order valence-electron chi connectivity index (χ0n) is 12.3. The molecule has 0 unspecified atom stereocenters. The second-order valence-electron chi connectivity index (χ2n) is 4.25. The minimum Gasteiger partial charge on any atom is -0.496 e. The van der Waals surface area contributed by atoms with Crippen molar-refractivity contribution in [3.63, 3.8) is 0 Å². The second-order valence-corrected chi connectivity index (χ2v) is 4.25. The molecule has 0 aromatic heterocycles. The van der Waals surface area contributed by atoms with Crippen LogP contribution >= 0.6 is 24.8 Å². The molecule has 5 nitrogen and oxygen atoms in total. The Bertz CT molecular complexity index is 425. The molecule has 0 spiro atoms. The Balaban J connectivity index is 0. The summed E-state index contributed by atoms with van der Waals surface area (Å²) < 4.78 is 5.34. The summed E-state index contributed by atoms with van der Waals surface area (Å²) in [6, 6.07) is 5.88. The topological polar surface area (TPSA) is 62.9 Å². The van der Waals surface area contributed by atoms with Crippen LogP contribution in [0, 0.1) is 0 Å². The van der Waals surface area contributed by atoms with E-state index in [1.807, 2.05) is 39.2 Å². The van der Waals surface area contributed by atoms with Crippen LogP contribution in [-0.2, 0) is 6.54 Å². The largest absolute Gasteiger partial charge is 0.496 e. The Morgan fingerprint density at radius 2 is 2.00 bits per heavy atom. The van der Waals surface area contributed by atoms with E-state index in [0.717, 1.165) is 23.5 Å². The van der Waals surface area contributed by atoms with E-state index in [0.29, 0.717) is 12.5 Å². The average molecular weight is 323 g/mol. The standard InChI is InChI=1S/C13H22N4O.2ClH/c1-5-15-13(14)16-11-6-7-12(18-4)10(8-11)9-17(2)3;;/h6-8H,5,9H2,1-4H3,(H3,14,15,16);2*1H. The van der Waals surface area contributed by atoms with Crippen LogP contribution in [-0.4, -0.2) is 38.6 Å². The first-order chi connectivity index (χ1) is 8.56. The molecule has 0 aliphatic rings. The van der Waals surface area contributed by atoms with Gasteiger partial charge in [-0.05, 0) is 39.2 Å². The van der Waals surface area contributed by atoms with Crippen LogP contribution < -0.4 is 15.8 Å². The van der Waals surface area contributed by atoms with Gasteiger partial charge in [0, 0.05) is 24.3 Å². The van der Waals surface area contributed by atoms with Gasteiger partial charge >= 0.3 is 0 Å². The van der Waals surface area contributed by atoms with E-state index >= 15 is 0 Å². The normalized spacial score (nSPS) is 10.6. The molecule has 0 aliphatic heterocycles. The fourth-order valence-electron chi connectivity index (χ4n) is 1.68. The van der Waals surface area contributed by atoms with Crippen LogP contribution in [0.2, 0.25) is 0 Å². The number of hydrogen-bond acceptors (Lipinski definition) is 3. The summed E-state index contributed by atoms with van der Waals surface area (Å²) in [5.41, 5.74) is 7.76. The average Bonchev–Trinajstić information content (AvgIpc) is 2.28. The summed E-state index contributed by atoms with van der Waals surface area (Å²) in [5.74, 6) is 1.30. The molecule has 20 heavy (non-hydrogen) atoms. The fraction of sp³-hybridized carbons (Fsp3) is 0.462. The Hall–Kier alpha value is -1.17. The highest BCUT2D eigenvalue weighted by atomic mass is 35.5. The number of aliphatic imine (C=N–C) groups is 1. The highest BCUT2D eigenvalue weighted by molar-refractivity contribution is 5.92. The lowest BCUT2D eigenvalue weighted by Gasteiger charge is -2.15. The number of ether oxygens (including phenoxy) is 1. The molecule has 0 atom stereocenters. The van der Waals surface area contributed by atoms with Gasteiger partial charge < -0.3 is 20.7 Å². The monoisotopic (exact) mass is 322 g/mol. The molecule has 7 heteroatoms. The van der Waals surface area contributed by atoms with Crippen LogP contribution in [0.5, 0.6) is 5.75 Å². The van der Waals surface area contributed by atoms with Crippen LogP contribution in [0.4, 0.5) is 5.69 Å². The summed E-state index contributed by atoms with van der Waals surface area (Å²) in [4.78, 5) is 6.18. The minimum atomic E-state index is 0. The number of guanidine groups is 1. The van der Waals surface area contributed by atoms with Crippen molar-refractivity contribution in [2.75, 3.05) is 33.1 Å². The highest BCUT2D eigenvalue weighted by Gasteiger charge is 2.06. The van der Waals surface area contributed by atoms with Gasteiger partial charge in [0.1, 0.15) is 5.75 Å². The Kier molecular flexibility index (Phi) is 11.2. The maximum absolute atomic E-state index is 5.74. The molecule has 0 bridgehead atoms. The van der Waals surface area contributed by atoms with Crippen LogP contribution in [0.3, 0.4) is 0 Å². The first-order valence-electron chi connectivity index (χ1n) is 5.95. The molecular weight excluding hydrogens is 299 g/mol. The van der Waals surface area contributed by atoms with Gasteiger partial charge in [-0.3, -0.25) is 4.99 Å². The van der Waals surface area contributed by atoms with E-state index in [4.69, 9.17) is 10.5 Å². The van der Waals surface area contributed by atoms with Gasteiger partial charge in [-0.1, -0.05) is 0 Å². The van der Waals surface area contributed by atoms with E-state index in [2.05, 4.69) is 15.2 Å². The van der Waals surface area contributed by atoms with Crippen molar-refractivity contribution in [3.8, 4) is 5.75 Å². The van der Waals surface area contributed by atoms with Gasteiger partial charge in [-0.2, -0.15) is 0 Å². The smallest absolute Gasteiger partial charge is 0.193 e. The number of anilines is 1. The predicted octanol–water partition coefficient (Wildman–Crippen LogP) is 2.35. The van der Waals surface area contributed by atoms with Crippen molar-refractivity contribution in [1.29, 1.82) is 0 Å². The Morgan fingerprint density at radius 3 is 2.50 bits per heavy atom. The lowest BCUT2D eigenvalue weighted by molar-refractivity contribution is 0.372. The van der Waals surface area contributed by atoms with Crippen LogP contribution in [0.15, 0.2) is 23.2 Å². The van der Waals surface area contributed by atoms with Crippen molar-refractivity contribution in [1.82, 2.24) is 4.90 Å². The van der Waals surface area contributed by atoms with Gasteiger partial charge in [-0.15, -0.1) is 24.8 Å². The maximum atomic E-state index is 5.74. The number of rotatable bonds is 5. The van der Waals surface area contributed by atoms with E-state index in [1.54, 1.807) is 7.11 Å². The number of hydrogen-bond donors (Lipinski definition) is 2. The van der Waals surface area contributed by atoms with E-state index in [9.17, 15) is 0 Å². The van der Waals surface area contributed by atoms with Gasteiger partial charge in [0.25, 0.3) is 0 Å². The summed E-state index contributed by atoms with van der Waals surface area (Å²) in [5, 5.41) is 3.06. The third-order valence-corrected chi connectivity index (χ3v) is 2.37. The van der Waals surface area contributed by atoms with E-state index < -0.39 is 0 Å². The molecule has 0 fully saturated rings. The summed E-state index contributed by atoms with van der Waals surface area (Å²) in [6.45, 7) is 3.42. The SMILES string of the molecule is CCN=C(N)Nc1ccc(OC)c(CN(C)C)c1.Cl.Cl.